The SMILES string of the molecule is COc1cc(OC)c(N[C@H]2c3ncccc3C(=O)N2c2ccccc2)cc1Cl. The van der Waals surface area contributed by atoms with E-state index in [0.717, 1.165) is 5.69 Å². The standard InChI is InChI=1S/C21H18ClN3O3/c1-27-17-12-18(28-2)16(11-15(17)22)24-20-19-14(9-6-10-23-19)21(26)25(20)13-7-4-3-5-8-13/h3-12,20,24H,1-2H3/t20-/m1/s1. The number of anilines is 2. The predicted molar refractivity (Wildman–Crippen MR) is 108 cm³/mol. The molecule has 1 amide bonds. The summed E-state index contributed by atoms with van der Waals surface area (Å²) in [5.41, 5.74) is 2.60. The first kappa shape index (κ1) is 18.1. The Kier molecular flexibility index (Phi) is 4.79. The van der Waals surface area contributed by atoms with E-state index in [1.54, 1.807) is 49.6 Å². The van der Waals surface area contributed by atoms with Gasteiger partial charge in [0.05, 0.1) is 36.2 Å². The number of rotatable bonds is 5. The fourth-order valence-corrected chi connectivity index (χ4v) is 3.53. The van der Waals surface area contributed by atoms with Crippen LogP contribution in [0.5, 0.6) is 11.5 Å². The number of ether oxygens (including phenoxy) is 2. The number of fused-ring (bicyclic) bond motifs is 1. The van der Waals surface area contributed by atoms with E-state index in [0.29, 0.717) is 33.5 Å². The van der Waals surface area contributed by atoms with Crippen molar-refractivity contribution in [2.45, 2.75) is 6.17 Å². The summed E-state index contributed by atoms with van der Waals surface area (Å²) in [6, 6.07) is 16.4. The molecule has 4 rings (SSSR count). The van der Waals surface area contributed by atoms with Gasteiger partial charge in [-0.25, -0.2) is 0 Å². The lowest BCUT2D eigenvalue weighted by atomic mass is 10.2. The minimum atomic E-state index is -0.510. The summed E-state index contributed by atoms with van der Waals surface area (Å²) in [7, 11) is 3.11. The molecule has 0 saturated carbocycles. The largest absolute Gasteiger partial charge is 0.495 e. The fraction of sp³-hybridized carbons (Fsp3) is 0.143. The highest BCUT2D eigenvalue weighted by atomic mass is 35.5. The number of aromatic nitrogens is 1. The minimum Gasteiger partial charge on any atom is -0.495 e. The number of hydrogen-bond donors (Lipinski definition) is 1. The van der Waals surface area contributed by atoms with Gasteiger partial charge in [0.25, 0.3) is 5.91 Å². The summed E-state index contributed by atoms with van der Waals surface area (Å²) >= 11 is 6.31. The van der Waals surface area contributed by atoms with Crippen molar-refractivity contribution >= 4 is 28.9 Å². The number of hydrogen-bond acceptors (Lipinski definition) is 5. The third-order valence-electron chi connectivity index (χ3n) is 4.61. The maximum absolute atomic E-state index is 13.1. The van der Waals surface area contributed by atoms with Gasteiger partial charge in [-0.05, 0) is 30.3 Å². The van der Waals surface area contributed by atoms with Crippen LogP contribution in [-0.2, 0) is 0 Å². The summed E-state index contributed by atoms with van der Waals surface area (Å²) in [5, 5.41) is 3.80. The zero-order chi connectivity index (χ0) is 19.7. The van der Waals surface area contributed by atoms with Crippen LogP contribution in [0.1, 0.15) is 22.2 Å². The second kappa shape index (κ2) is 7.40. The summed E-state index contributed by atoms with van der Waals surface area (Å²) in [6.07, 6.45) is 1.16. The molecular weight excluding hydrogens is 378 g/mol. The summed E-state index contributed by atoms with van der Waals surface area (Å²) in [4.78, 5) is 19.2. The molecule has 1 aliphatic heterocycles. The van der Waals surface area contributed by atoms with E-state index in [4.69, 9.17) is 21.1 Å². The molecule has 2 heterocycles. The molecule has 3 aromatic rings. The molecule has 0 saturated heterocycles. The Morgan fingerprint density at radius 1 is 1.04 bits per heavy atom. The Labute approximate surface area is 167 Å². The van der Waals surface area contributed by atoms with Crippen LogP contribution >= 0.6 is 11.6 Å². The van der Waals surface area contributed by atoms with Gasteiger partial charge in [-0.2, -0.15) is 0 Å². The molecule has 142 valence electrons. The van der Waals surface area contributed by atoms with Gasteiger partial charge in [-0.3, -0.25) is 14.7 Å². The van der Waals surface area contributed by atoms with Crippen molar-refractivity contribution in [3.05, 3.63) is 77.1 Å². The normalized spacial score (nSPS) is 15.3. The summed E-state index contributed by atoms with van der Waals surface area (Å²) in [5.74, 6) is 0.932. The van der Waals surface area contributed by atoms with Gasteiger partial charge in [-0.1, -0.05) is 29.8 Å². The van der Waals surface area contributed by atoms with Crippen molar-refractivity contribution < 1.29 is 14.3 Å². The van der Waals surface area contributed by atoms with Gasteiger partial charge in [0.1, 0.15) is 11.5 Å². The fourth-order valence-electron chi connectivity index (χ4n) is 3.29. The lowest BCUT2D eigenvalue weighted by Gasteiger charge is -2.27. The second-order valence-corrected chi connectivity index (χ2v) is 6.59. The Bertz CT molecular complexity index is 1030. The van der Waals surface area contributed by atoms with Gasteiger partial charge in [-0.15, -0.1) is 0 Å². The molecule has 1 atom stereocenters. The zero-order valence-electron chi connectivity index (χ0n) is 15.3. The molecule has 0 unspecified atom stereocenters. The van der Waals surface area contributed by atoms with Gasteiger partial charge in [0, 0.05) is 18.0 Å². The molecule has 0 radical (unpaired) electrons. The Morgan fingerprint density at radius 2 is 1.79 bits per heavy atom. The van der Waals surface area contributed by atoms with Crippen molar-refractivity contribution in [2.75, 3.05) is 24.4 Å². The van der Waals surface area contributed by atoms with E-state index in [1.165, 1.54) is 0 Å². The zero-order valence-corrected chi connectivity index (χ0v) is 16.1. The topological polar surface area (TPSA) is 63.7 Å². The molecule has 0 aliphatic carbocycles. The maximum atomic E-state index is 13.1. The lowest BCUT2D eigenvalue weighted by molar-refractivity contribution is 0.0993. The van der Waals surface area contributed by atoms with E-state index in [-0.39, 0.29) is 5.91 Å². The summed E-state index contributed by atoms with van der Waals surface area (Å²) < 4.78 is 10.7. The maximum Gasteiger partial charge on any atom is 0.262 e. The van der Waals surface area contributed by atoms with E-state index < -0.39 is 6.17 Å². The lowest BCUT2D eigenvalue weighted by Crippen LogP contribution is -2.32. The first-order valence-corrected chi connectivity index (χ1v) is 9.03. The molecule has 1 aromatic heterocycles. The molecule has 0 bridgehead atoms. The number of carbonyl (C=O) groups excluding carboxylic acids is 1. The van der Waals surface area contributed by atoms with Crippen LogP contribution in [-0.4, -0.2) is 25.1 Å². The highest BCUT2D eigenvalue weighted by molar-refractivity contribution is 6.32. The van der Waals surface area contributed by atoms with Crippen LogP contribution in [0.15, 0.2) is 60.8 Å². The van der Waals surface area contributed by atoms with Crippen LogP contribution in [0.4, 0.5) is 11.4 Å². The first-order chi connectivity index (χ1) is 13.6. The predicted octanol–water partition coefficient (Wildman–Crippen LogP) is 4.52. The molecular formula is C21H18ClN3O3. The highest BCUT2D eigenvalue weighted by Gasteiger charge is 2.39. The van der Waals surface area contributed by atoms with Gasteiger partial charge >= 0.3 is 0 Å². The number of benzene rings is 2. The number of halogens is 1. The Balaban J connectivity index is 1.80. The van der Waals surface area contributed by atoms with Crippen LogP contribution in [0.3, 0.4) is 0 Å². The summed E-state index contributed by atoms with van der Waals surface area (Å²) in [6.45, 7) is 0. The van der Waals surface area contributed by atoms with Crippen molar-refractivity contribution in [3.8, 4) is 11.5 Å². The smallest absolute Gasteiger partial charge is 0.262 e. The van der Waals surface area contributed by atoms with Crippen LogP contribution in [0.25, 0.3) is 0 Å². The number of amides is 1. The second-order valence-electron chi connectivity index (χ2n) is 6.18. The van der Waals surface area contributed by atoms with Gasteiger partial charge in [0.15, 0.2) is 6.17 Å². The van der Waals surface area contributed by atoms with Crippen molar-refractivity contribution in [3.63, 3.8) is 0 Å². The average Bonchev–Trinajstić information content (AvgIpc) is 3.01. The van der Waals surface area contributed by atoms with Gasteiger partial charge < -0.3 is 14.8 Å². The molecule has 2 aromatic carbocycles. The van der Waals surface area contributed by atoms with E-state index >= 15 is 0 Å². The quantitative estimate of drug-likeness (QED) is 0.688. The number of carbonyl (C=O) groups is 1. The van der Waals surface area contributed by atoms with Crippen molar-refractivity contribution in [1.82, 2.24) is 4.98 Å². The van der Waals surface area contributed by atoms with Crippen molar-refractivity contribution in [1.29, 1.82) is 0 Å². The number of pyridine rings is 1. The van der Waals surface area contributed by atoms with Crippen LogP contribution < -0.4 is 19.7 Å². The third-order valence-corrected chi connectivity index (χ3v) is 4.90. The highest BCUT2D eigenvalue weighted by Crippen LogP contribution is 2.41. The minimum absolute atomic E-state index is 0.120. The molecule has 0 fully saturated rings. The average molecular weight is 396 g/mol. The first-order valence-electron chi connectivity index (χ1n) is 8.65. The van der Waals surface area contributed by atoms with E-state index in [2.05, 4.69) is 10.3 Å². The Hall–Kier alpha value is -3.25. The molecule has 6 nitrogen and oxygen atoms in total. The molecule has 1 N–H and O–H groups in total. The molecule has 0 spiro atoms. The molecule has 7 heteroatoms. The van der Waals surface area contributed by atoms with Crippen LogP contribution in [0, 0.1) is 0 Å². The number of methoxy groups -OCH3 is 2. The van der Waals surface area contributed by atoms with E-state index in [1.807, 2.05) is 30.3 Å². The van der Waals surface area contributed by atoms with Crippen LogP contribution in [0.2, 0.25) is 5.02 Å². The van der Waals surface area contributed by atoms with Gasteiger partial charge in [0.2, 0.25) is 0 Å². The monoisotopic (exact) mass is 395 g/mol. The number of nitrogens with one attached hydrogen (secondary N) is 1. The molecule has 28 heavy (non-hydrogen) atoms. The number of para-hydroxylation sites is 1. The van der Waals surface area contributed by atoms with Crippen molar-refractivity contribution in [2.24, 2.45) is 0 Å². The van der Waals surface area contributed by atoms with E-state index in [9.17, 15) is 4.79 Å². The third kappa shape index (κ3) is 3.01. The molecule has 1 aliphatic rings. The Morgan fingerprint density at radius 3 is 2.50 bits per heavy atom. The number of nitrogens with zero attached hydrogens (tertiary/aromatic N) is 2.